The molecule has 0 aliphatic rings. The number of nitrogens with zero attached hydrogens (tertiary/aromatic N) is 2. The number of hydrogen-bond acceptors (Lipinski definition) is 9. The van der Waals surface area contributed by atoms with E-state index in [-0.39, 0.29) is 31.4 Å². The molecule has 0 fully saturated rings. The Labute approximate surface area is 148 Å². The van der Waals surface area contributed by atoms with Gasteiger partial charge in [0.25, 0.3) is 0 Å². The highest BCUT2D eigenvalue weighted by molar-refractivity contribution is 5.82. The van der Waals surface area contributed by atoms with Crippen LogP contribution >= 0.6 is 0 Å². The second kappa shape index (κ2) is 11.7. The summed E-state index contributed by atoms with van der Waals surface area (Å²) in [5.41, 5.74) is 5.46. The number of aromatic nitrogens is 2. The second-order valence-corrected chi connectivity index (χ2v) is 4.95. The number of aliphatic hydroxyl groups excluding tert-OH is 2. The quantitative estimate of drug-likeness (QED) is 0.267. The molecule has 1 rings (SSSR count). The van der Waals surface area contributed by atoms with E-state index >= 15 is 0 Å². The molecule has 0 saturated carbocycles. The first-order chi connectivity index (χ1) is 12.1. The fourth-order valence-corrected chi connectivity index (χ4v) is 1.30. The van der Waals surface area contributed by atoms with Gasteiger partial charge in [0.05, 0.1) is 19.3 Å². The van der Waals surface area contributed by atoms with Crippen LogP contribution in [0, 0.1) is 0 Å². The van der Waals surface area contributed by atoms with Gasteiger partial charge >= 0.3 is 18.0 Å². The molecule has 1 aromatic heterocycles. The predicted molar refractivity (Wildman–Crippen MR) is 84.7 cm³/mol. The number of carbonyl (C=O) groups is 3. The number of aliphatic carboxylic acids is 2. The smallest absolute Gasteiger partial charge is 0.328 e. The van der Waals surface area contributed by atoms with E-state index in [1.165, 1.54) is 6.92 Å². The van der Waals surface area contributed by atoms with E-state index in [0.717, 1.165) is 0 Å². The monoisotopic (exact) mass is 377 g/mol. The molecule has 0 radical (unpaired) electrons. The van der Waals surface area contributed by atoms with E-state index < -0.39 is 36.2 Å². The lowest BCUT2D eigenvalue weighted by atomic mass is 10.2. The van der Waals surface area contributed by atoms with Crippen molar-refractivity contribution in [3.8, 4) is 0 Å². The van der Waals surface area contributed by atoms with Crippen molar-refractivity contribution in [1.82, 2.24) is 20.8 Å². The first-order valence-corrected chi connectivity index (χ1v) is 7.48. The average molecular weight is 377 g/mol. The van der Waals surface area contributed by atoms with Gasteiger partial charge < -0.3 is 41.2 Å². The zero-order chi connectivity index (χ0) is 20.3. The van der Waals surface area contributed by atoms with Crippen molar-refractivity contribution < 1.29 is 39.2 Å². The van der Waals surface area contributed by atoms with Crippen LogP contribution in [0.1, 0.15) is 38.1 Å². The molecule has 3 atom stereocenters. The highest BCUT2D eigenvalue weighted by Crippen LogP contribution is 2.07. The molecule has 0 saturated heterocycles. The first-order valence-electron chi connectivity index (χ1n) is 7.48. The summed E-state index contributed by atoms with van der Waals surface area (Å²) in [6.45, 7) is 2.30. The molecule has 26 heavy (non-hydrogen) atoms. The lowest BCUT2D eigenvalue weighted by Crippen LogP contribution is -2.51. The van der Waals surface area contributed by atoms with Gasteiger partial charge in [-0.1, -0.05) is 6.92 Å². The average Bonchev–Trinajstić information content (AvgIpc) is 3.06. The van der Waals surface area contributed by atoms with E-state index in [9.17, 15) is 19.5 Å². The van der Waals surface area contributed by atoms with Crippen LogP contribution in [0.4, 0.5) is 4.79 Å². The Balaban J connectivity index is 0.00000110. The number of amides is 2. The molecule has 0 aromatic carbocycles. The predicted octanol–water partition coefficient (Wildman–Crippen LogP) is -1.82. The van der Waals surface area contributed by atoms with Crippen LogP contribution in [-0.4, -0.2) is 67.3 Å². The number of nitrogens with one attached hydrogen (secondary N) is 2. The second-order valence-electron chi connectivity index (χ2n) is 4.95. The minimum absolute atomic E-state index is 0.0158. The summed E-state index contributed by atoms with van der Waals surface area (Å²) >= 11 is 0. The summed E-state index contributed by atoms with van der Waals surface area (Å²) in [6, 6.07) is -3.08. The summed E-state index contributed by atoms with van der Waals surface area (Å²) in [7, 11) is 0. The Morgan fingerprint density at radius 2 is 1.85 bits per heavy atom. The molecule has 0 bridgehead atoms. The molecule has 0 aliphatic carbocycles. The molecular weight excluding hydrogens is 354 g/mol. The van der Waals surface area contributed by atoms with Gasteiger partial charge in [0.15, 0.2) is 6.04 Å². The fraction of sp³-hybridized carbons (Fsp3) is 0.615. The van der Waals surface area contributed by atoms with Gasteiger partial charge in [0.1, 0.15) is 6.04 Å². The van der Waals surface area contributed by atoms with Gasteiger partial charge in [-0.2, -0.15) is 0 Å². The van der Waals surface area contributed by atoms with Crippen molar-refractivity contribution in [2.45, 2.75) is 45.0 Å². The van der Waals surface area contributed by atoms with Crippen LogP contribution in [0.15, 0.2) is 4.42 Å². The molecule has 1 aromatic rings. The third-order valence-electron chi connectivity index (χ3n) is 2.73. The molecule has 148 valence electrons. The summed E-state index contributed by atoms with van der Waals surface area (Å²) < 4.78 is 5.07. The Hall–Kier alpha value is -2.77. The van der Waals surface area contributed by atoms with E-state index in [4.69, 9.17) is 25.5 Å². The Kier molecular flexibility index (Phi) is 10.5. The van der Waals surface area contributed by atoms with Crippen molar-refractivity contribution in [1.29, 1.82) is 0 Å². The molecular formula is C13H23N5O8. The van der Waals surface area contributed by atoms with Crippen molar-refractivity contribution in [3.63, 3.8) is 0 Å². The van der Waals surface area contributed by atoms with Gasteiger partial charge in [0, 0.05) is 6.42 Å². The van der Waals surface area contributed by atoms with Gasteiger partial charge in [-0.15, -0.1) is 10.2 Å². The number of rotatable bonds is 8. The van der Waals surface area contributed by atoms with Crippen LogP contribution in [0.2, 0.25) is 0 Å². The number of nitrogens with two attached hydrogens (primary N) is 1. The van der Waals surface area contributed by atoms with E-state index in [2.05, 4.69) is 20.8 Å². The topological polar surface area (TPSA) is 221 Å². The molecule has 1 heterocycles. The normalized spacial score (nSPS) is 13.6. The van der Waals surface area contributed by atoms with E-state index in [0.29, 0.717) is 0 Å². The molecule has 3 unspecified atom stereocenters. The number of hydrogen-bond donors (Lipinski definition) is 7. The summed E-state index contributed by atoms with van der Waals surface area (Å²) in [5, 5.41) is 46.0. The van der Waals surface area contributed by atoms with Crippen molar-refractivity contribution in [2.24, 2.45) is 5.73 Å². The van der Waals surface area contributed by atoms with Crippen molar-refractivity contribution in [2.75, 3.05) is 6.61 Å². The standard InChI is InChI=1S/C10H17N5O6.C3H6O2/c1-4(17)7(9(18)19)13-10(20)12-2-6-14-15-8(21-6)5(11)3-16;1-2-3(4)5/h4-5,7,16-17H,2-3,11H2,1H3,(H,18,19)(H2,12,13,20);2H2,1H3,(H,4,5). The van der Waals surface area contributed by atoms with Gasteiger partial charge in [-0.05, 0) is 6.92 Å². The highest BCUT2D eigenvalue weighted by Gasteiger charge is 2.25. The summed E-state index contributed by atoms with van der Waals surface area (Å²) in [6.07, 6.45) is -1.04. The Morgan fingerprint density at radius 1 is 1.27 bits per heavy atom. The molecule has 13 heteroatoms. The van der Waals surface area contributed by atoms with Crippen LogP contribution in [-0.2, 0) is 16.1 Å². The van der Waals surface area contributed by atoms with Gasteiger partial charge in [-0.3, -0.25) is 4.79 Å². The van der Waals surface area contributed by atoms with Gasteiger partial charge in [0.2, 0.25) is 11.8 Å². The molecule has 8 N–H and O–H groups in total. The Bertz CT molecular complexity index is 591. The maximum Gasteiger partial charge on any atom is 0.328 e. The van der Waals surface area contributed by atoms with Gasteiger partial charge in [-0.25, -0.2) is 9.59 Å². The van der Waals surface area contributed by atoms with Crippen LogP contribution in [0.3, 0.4) is 0 Å². The number of carboxylic acids is 2. The van der Waals surface area contributed by atoms with Crippen molar-refractivity contribution in [3.05, 3.63) is 11.8 Å². The zero-order valence-corrected chi connectivity index (χ0v) is 14.2. The highest BCUT2D eigenvalue weighted by atomic mass is 16.4. The number of carboxylic acid groups (broad SMARTS) is 2. The molecule has 0 spiro atoms. The Morgan fingerprint density at radius 3 is 2.27 bits per heavy atom. The number of aliphatic hydroxyl groups is 2. The lowest BCUT2D eigenvalue weighted by Gasteiger charge is -2.16. The lowest BCUT2D eigenvalue weighted by molar-refractivity contribution is -0.141. The minimum atomic E-state index is -1.44. The largest absolute Gasteiger partial charge is 0.481 e. The zero-order valence-electron chi connectivity index (χ0n) is 14.2. The summed E-state index contributed by atoms with van der Waals surface area (Å²) in [5.74, 6) is -2.06. The van der Waals surface area contributed by atoms with E-state index in [1.807, 2.05) is 0 Å². The maximum atomic E-state index is 11.5. The van der Waals surface area contributed by atoms with Crippen molar-refractivity contribution >= 4 is 18.0 Å². The number of urea groups is 1. The maximum absolute atomic E-state index is 11.5. The molecule has 2 amide bonds. The van der Waals surface area contributed by atoms with Crippen LogP contribution < -0.4 is 16.4 Å². The summed E-state index contributed by atoms with van der Waals surface area (Å²) in [4.78, 5) is 31.6. The minimum Gasteiger partial charge on any atom is -0.481 e. The molecule has 13 nitrogen and oxygen atoms in total. The van der Waals surface area contributed by atoms with Crippen LogP contribution in [0.25, 0.3) is 0 Å². The fourth-order valence-electron chi connectivity index (χ4n) is 1.30. The van der Waals surface area contributed by atoms with Crippen LogP contribution in [0.5, 0.6) is 0 Å². The van der Waals surface area contributed by atoms with E-state index in [1.54, 1.807) is 6.92 Å². The first kappa shape index (κ1) is 23.2. The SMILES string of the molecule is CC(O)C(NC(=O)NCc1nnc(C(N)CO)o1)C(=O)O.CCC(=O)O. The molecule has 0 aliphatic heterocycles. The third-order valence-corrected chi connectivity index (χ3v) is 2.73. The third kappa shape index (κ3) is 8.91. The number of carbonyl (C=O) groups excluding carboxylic acids is 1.